The number of carboxylic acid groups (broad SMARTS) is 1. The lowest BCUT2D eigenvalue weighted by Gasteiger charge is -2.22. The number of halogens is 1. The molecule has 3 heterocycles. The first-order valence-electron chi connectivity index (χ1n) is 9.44. The first-order chi connectivity index (χ1) is 14.3. The van der Waals surface area contributed by atoms with Gasteiger partial charge in [0.05, 0.1) is 18.9 Å². The van der Waals surface area contributed by atoms with E-state index in [4.69, 9.17) is 25.8 Å². The Hall–Kier alpha value is -2.78. The molecule has 0 saturated carbocycles. The molecule has 1 atom stereocenters. The number of nitrogens with zero attached hydrogens (tertiary/aromatic N) is 1. The van der Waals surface area contributed by atoms with E-state index in [1.165, 1.54) is 0 Å². The largest absolute Gasteiger partial charge is 0.506 e. The predicted molar refractivity (Wildman–Crippen MR) is 109 cm³/mol. The van der Waals surface area contributed by atoms with E-state index < -0.39 is 28.8 Å². The molecular formula is C20H23ClN2O7. The van der Waals surface area contributed by atoms with Crippen molar-refractivity contribution in [2.24, 2.45) is 5.92 Å². The maximum atomic E-state index is 12.4. The van der Waals surface area contributed by atoms with Crippen LogP contribution in [-0.4, -0.2) is 53.1 Å². The number of fused-ring (bicyclic) bond motifs is 3. The zero-order valence-electron chi connectivity index (χ0n) is 16.8. The Morgan fingerprint density at radius 2 is 2.17 bits per heavy atom. The molecule has 3 N–H and O–H groups in total. The second-order valence-corrected chi connectivity index (χ2v) is 7.61. The van der Waals surface area contributed by atoms with Gasteiger partial charge < -0.3 is 29.4 Å². The molecule has 0 radical (unpaired) electrons. The van der Waals surface area contributed by atoms with Crippen molar-refractivity contribution in [3.8, 4) is 28.6 Å². The van der Waals surface area contributed by atoms with Crippen molar-refractivity contribution in [3.05, 3.63) is 32.7 Å². The van der Waals surface area contributed by atoms with Crippen LogP contribution in [0.25, 0.3) is 11.4 Å². The predicted octanol–water partition coefficient (Wildman–Crippen LogP) is 3.04. The minimum Gasteiger partial charge on any atom is -0.506 e. The molecule has 0 amide bonds. The van der Waals surface area contributed by atoms with Crippen molar-refractivity contribution < 1.29 is 29.2 Å². The lowest BCUT2D eigenvalue weighted by molar-refractivity contribution is 0.0691. The fourth-order valence-corrected chi connectivity index (χ4v) is 3.56. The lowest BCUT2D eigenvalue weighted by atomic mass is 9.86. The Balaban J connectivity index is 2.16. The minimum atomic E-state index is -1.52. The summed E-state index contributed by atoms with van der Waals surface area (Å²) >= 11 is 6.28. The van der Waals surface area contributed by atoms with Crippen molar-refractivity contribution in [1.29, 1.82) is 0 Å². The molecule has 0 bridgehead atoms. The highest BCUT2D eigenvalue weighted by atomic mass is 35.5. The van der Waals surface area contributed by atoms with E-state index in [2.05, 4.69) is 9.97 Å². The van der Waals surface area contributed by atoms with Crippen molar-refractivity contribution >= 4 is 17.6 Å². The highest BCUT2D eigenvalue weighted by Crippen LogP contribution is 2.45. The normalized spacial score (nSPS) is 15.2. The van der Waals surface area contributed by atoms with Gasteiger partial charge in [-0.1, -0.05) is 25.4 Å². The van der Waals surface area contributed by atoms with Crippen molar-refractivity contribution in [3.63, 3.8) is 0 Å². The average Bonchev–Trinajstić information content (AvgIpc) is 2.82. The van der Waals surface area contributed by atoms with E-state index in [1.807, 2.05) is 13.8 Å². The average molecular weight is 439 g/mol. The third-order valence-corrected chi connectivity index (χ3v) is 5.20. The Bertz CT molecular complexity index is 1020. The van der Waals surface area contributed by atoms with Crippen LogP contribution >= 0.6 is 11.6 Å². The summed E-state index contributed by atoms with van der Waals surface area (Å²) in [6, 6.07) is 1.57. The van der Waals surface area contributed by atoms with Crippen LogP contribution in [0.3, 0.4) is 0 Å². The number of aromatic hydroxyl groups is 1. The van der Waals surface area contributed by atoms with Gasteiger partial charge in [-0.2, -0.15) is 0 Å². The van der Waals surface area contributed by atoms with Gasteiger partial charge in [-0.05, 0) is 5.92 Å². The van der Waals surface area contributed by atoms with Gasteiger partial charge in [0.15, 0.2) is 22.2 Å². The van der Waals surface area contributed by atoms with Crippen molar-refractivity contribution in [2.45, 2.75) is 26.2 Å². The molecule has 0 spiro atoms. The fourth-order valence-electron chi connectivity index (χ4n) is 3.37. The first-order valence-corrected chi connectivity index (χ1v) is 9.81. The summed E-state index contributed by atoms with van der Waals surface area (Å²) in [6.45, 7) is 4.84. The SMILES string of the molecule is COCCCOc1cc2c(nc1Cl)-c1[nH]c(=O)c(C(=O)O)c(O)c1C(C(C)C)CO2. The number of nitrogens with one attached hydrogen (secondary N) is 1. The quantitative estimate of drug-likeness (QED) is 0.444. The molecular weight excluding hydrogens is 416 g/mol. The van der Waals surface area contributed by atoms with E-state index in [1.54, 1.807) is 13.2 Å². The summed E-state index contributed by atoms with van der Waals surface area (Å²) in [7, 11) is 1.60. The number of carbonyl (C=O) groups is 1. The Labute approximate surface area is 177 Å². The van der Waals surface area contributed by atoms with E-state index in [0.29, 0.717) is 31.1 Å². The topological polar surface area (TPSA) is 131 Å². The highest BCUT2D eigenvalue weighted by molar-refractivity contribution is 6.31. The number of rotatable bonds is 7. The zero-order chi connectivity index (χ0) is 22.0. The number of ether oxygens (including phenoxy) is 3. The van der Waals surface area contributed by atoms with Gasteiger partial charge in [-0.3, -0.25) is 4.79 Å². The minimum absolute atomic E-state index is 0.0308. The van der Waals surface area contributed by atoms with E-state index in [-0.39, 0.29) is 34.6 Å². The van der Waals surface area contributed by atoms with E-state index in [9.17, 15) is 19.8 Å². The molecule has 1 unspecified atom stereocenters. The number of aromatic carboxylic acids is 1. The molecule has 1 aliphatic rings. The molecule has 2 aromatic rings. The molecule has 10 heteroatoms. The molecule has 0 fully saturated rings. The molecule has 1 aliphatic heterocycles. The molecule has 0 aliphatic carbocycles. The molecule has 9 nitrogen and oxygen atoms in total. The maximum Gasteiger partial charge on any atom is 0.345 e. The van der Waals surface area contributed by atoms with Gasteiger partial charge >= 0.3 is 5.97 Å². The number of methoxy groups -OCH3 is 1. The van der Waals surface area contributed by atoms with Crippen LogP contribution in [0.1, 0.15) is 42.1 Å². The number of aromatic nitrogens is 2. The summed E-state index contributed by atoms with van der Waals surface area (Å²) in [5.74, 6) is -1.91. The third kappa shape index (κ3) is 4.08. The van der Waals surface area contributed by atoms with Gasteiger partial charge in [0.1, 0.15) is 11.4 Å². The third-order valence-electron chi connectivity index (χ3n) is 4.93. The van der Waals surface area contributed by atoms with Gasteiger partial charge in [0.2, 0.25) is 0 Å². The van der Waals surface area contributed by atoms with Crippen LogP contribution in [0, 0.1) is 5.92 Å². The number of pyridine rings is 2. The number of hydrogen-bond donors (Lipinski definition) is 3. The second-order valence-electron chi connectivity index (χ2n) is 7.25. The zero-order valence-corrected chi connectivity index (χ0v) is 17.6. The summed E-state index contributed by atoms with van der Waals surface area (Å²) < 4.78 is 16.6. The standard InChI is InChI=1S/C20H23ClN2O7/c1-9(2)10-8-30-11-7-12(29-6-4-5-28-3)18(21)22-15(11)16-13(10)17(24)14(20(26)27)19(25)23-16/h7,9-10H,4-6,8H2,1-3H3,(H,26,27)(H2,23,24,25). The summed E-state index contributed by atoms with van der Waals surface area (Å²) in [6.07, 6.45) is 0.655. The smallest absolute Gasteiger partial charge is 0.345 e. The fraction of sp³-hybridized carbons (Fsp3) is 0.450. The number of H-pyrrole nitrogens is 1. The van der Waals surface area contributed by atoms with Gasteiger partial charge in [-0.25, -0.2) is 9.78 Å². The van der Waals surface area contributed by atoms with Crippen LogP contribution in [0.4, 0.5) is 0 Å². The van der Waals surface area contributed by atoms with Crippen LogP contribution in [0.2, 0.25) is 5.15 Å². The molecule has 162 valence electrons. The van der Waals surface area contributed by atoms with Gasteiger partial charge in [-0.15, -0.1) is 0 Å². The lowest BCUT2D eigenvalue weighted by Crippen LogP contribution is -2.23. The van der Waals surface area contributed by atoms with Crippen LogP contribution < -0.4 is 15.0 Å². The number of carboxylic acids is 1. The van der Waals surface area contributed by atoms with E-state index >= 15 is 0 Å². The summed E-state index contributed by atoms with van der Waals surface area (Å²) in [4.78, 5) is 30.8. The Morgan fingerprint density at radius 3 is 2.80 bits per heavy atom. The van der Waals surface area contributed by atoms with Gasteiger partial charge in [0, 0.05) is 37.7 Å². The second kappa shape index (κ2) is 8.93. The number of hydrogen-bond acceptors (Lipinski definition) is 7. The number of aromatic amines is 1. The molecule has 3 rings (SSSR count). The van der Waals surface area contributed by atoms with Crippen LogP contribution in [0.15, 0.2) is 10.9 Å². The van der Waals surface area contributed by atoms with Gasteiger partial charge in [0.25, 0.3) is 5.56 Å². The maximum absolute atomic E-state index is 12.4. The first kappa shape index (κ1) is 21.9. The Kier molecular flexibility index (Phi) is 6.52. The molecule has 2 aromatic heterocycles. The highest BCUT2D eigenvalue weighted by Gasteiger charge is 2.34. The Morgan fingerprint density at radius 1 is 1.43 bits per heavy atom. The van der Waals surface area contributed by atoms with Crippen LogP contribution in [-0.2, 0) is 4.74 Å². The van der Waals surface area contributed by atoms with E-state index in [0.717, 1.165) is 0 Å². The summed E-state index contributed by atoms with van der Waals surface area (Å²) in [5.41, 5.74) is -1.01. The molecule has 0 saturated heterocycles. The summed E-state index contributed by atoms with van der Waals surface area (Å²) in [5, 5.41) is 20.1. The monoisotopic (exact) mass is 438 g/mol. The van der Waals surface area contributed by atoms with Crippen LogP contribution in [0.5, 0.6) is 17.2 Å². The van der Waals surface area contributed by atoms with Crippen molar-refractivity contribution in [1.82, 2.24) is 9.97 Å². The molecule has 30 heavy (non-hydrogen) atoms. The molecule has 0 aromatic carbocycles. The van der Waals surface area contributed by atoms with Crippen molar-refractivity contribution in [2.75, 3.05) is 26.9 Å².